The molecule has 1 saturated heterocycles. The van der Waals surface area contributed by atoms with Crippen LogP contribution in [0.15, 0.2) is 0 Å². The Morgan fingerprint density at radius 2 is 2.10 bits per heavy atom. The van der Waals surface area contributed by atoms with Gasteiger partial charge < -0.3 is 10.2 Å². The highest BCUT2D eigenvalue weighted by molar-refractivity contribution is 7.59. The molecule has 1 heterocycles. The van der Waals surface area contributed by atoms with Gasteiger partial charge in [-0.25, -0.2) is 0 Å². The van der Waals surface area contributed by atoms with Gasteiger partial charge in [-0.1, -0.05) is 13.8 Å². The topological polar surface area (TPSA) is 15.3 Å². The second-order valence-corrected chi connectivity index (χ2v) is 2.61. The van der Waals surface area contributed by atoms with Crippen LogP contribution in [0.25, 0.3) is 0 Å². The van der Waals surface area contributed by atoms with Crippen LogP contribution in [0.5, 0.6) is 0 Å². The number of likely N-dealkylation sites (N-methyl/N-ethyl adjacent to an activating group) is 2. The van der Waals surface area contributed by atoms with Crippen LogP contribution in [0.1, 0.15) is 15.3 Å². The van der Waals surface area contributed by atoms with E-state index in [1.807, 2.05) is 0 Å². The van der Waals surface area contributed by atoms with Crippen molar-refractivity contribution < 1.29 is 1.43 Å². The minimum atomic E-state index is 0. The summed E-state index contributed by atoms with van der Waals surface area (Å²) in [4.78, 5) is 2.44. The normalized spacial score (nSPS) is 19.8. The van der Waals surface area contributed by atoms with Crippen LogP contribution in [-0.4, -0.2) is 37.1 Å². The lowest BCUT2D eigenvalue weighted by Gasteiger charge is -2.38. The highest BCUT2D eigenvalue weighted by Crippen LogP contribution is 2.05. The van der Waals surface area contributed by atoms with E-state index in [2.05, 4.69) is 24.1 Å². The molecule has 2 nitrogen and oxygen atoms in total. The molecule has 0 spiro atoms. The average molecular weight is 164 g/mol. The molecule has 1 fully saturated rings. The fourth-order valence-electron chi connectivity index (χ4n) is 1.25. The molecule has 0 aromatic carbocycles. The van der Waals surface area contributed by atoms with E-state index in [1.165, 1.54) is 19.6 Å². The summed E-state index contributed by atoms with van der Waals surface area (Å²) in [5.41, 5.74) is 0. The van der Waals surface area contributed by atoms with Crippen LogP contribution in [0, 0.1) is 0 Å². The van der Waals surface area contributed by atoms with Crippen LogP contribution in [0.2, 0.25) is 0 Å². The first-order valence-electron chi connectivity index (χ1n) is 3.82. The maximum Gasteiger partial charge on any atom is 0.0322 e. The number of hydrogen-bond donors (Lipinski definition) is 1. The molecule has 3 heteroatoms. The van der Waals surface area contributed by atoms with Gasteiger partial charge in [0, 0.05) is 20.6 Å². The van der Waals surface area contributed by atoms with E-state index < -0.39 is 0 Å². The molecule has 1 aliphatic heterocycles. The molecule has 0 bridgehead atoms. The van der Waals surface area contributed by atoms with Crippen molar-refractivity contribution in [1.29, 1.82) is 0 Å². The van der Waals surface area contributed by atoms with E-state index in [1.54, 1.807) is 0 Å². The second kappa shape index (κ2) is 4.99. The maximum absolute atomic E-state index is 3.40. The Bertz CT molecular complexity index is 86.5. The van der Waals surface area contributed by atoms with Gasteiger partial charge in [0.25, 0.3) is 0 Å². The molecule has 1 aliphatic rings. The van der Waals surface area contributed by atoms with Crippen molar-refractivity contribution in [2.45, 2.75) is 19.9 Å². The van der Waals surface area contributed by atoms with Crippen LogP contribution >= 0.6 is 13.5 Å². The van der Waals surface area contributed by atoms with Gasteiger partial charge in [-0.2, -0.15) is 13.5 Å². The van der Waals surface area contributed by atoms with Crippen LogP contribution in [0.3, 0.4) is 0 Å². The summed E-state index contributed by atoms with van der Waals surface area (Å²) >= 11 is 0. The van der Waals surface area contributed by atoms with Gasteiger partial charge in [-0.15, -0.1) is 0 Å². The SMILES string of the molecule is CCNC1CN(CC)C1.S.[HH]. The third kappa shape index (κ3) is 2.48. The standard InChI is InChI=1S/C7H16N2.H2S.H2/c1-3-8-7-5-9(4-2)6-7;;/h7-8H,3-6H2,1-2H3;1H2;1H. The predicted octanol–water partition coefficient (Wildman–Crippen LogP) is 0.659. The molecule has 0 radical (unpaired) electrons. The molecule has 0 unspecified atom stereocenters. The molecule has 0 aliphatic carbocycles. The number of nitrogens with zero attached hydrogens (tertiary/aromatic N) is 1. The number of rotatable bonds is 3. The largest absolute Gasteiger partial charge is 0.312 e. The minimum absolute atomic E-state index is 0. The quantitative estimate of drug-likeness (QED) is 0.659. The lowest BCUT2D eigenvalue weighted by atomic mass is 10.1. The van der Waals surface area contributed by atoms with Gasteiger partial charge in [0.1, 0.15) is 0 Å². The zero-order valence-electron chi connectivity index (χ0n) is 6.85. The summed E-state index contributed by atoms with van der Waals surface area (Å²) in [5.74, 6) is 0. The van der Waals surface area contributed by atoms with E-state index in [0.717, 1.165) is 12.6 Å². The van der Waals surface area contributed by atoms with Crippen molar-refractivity contribution in [3.8, 4) is 0 Å². The first-order valence-corrected chi connectivity index (χ1v) is 3.82. The van der Waals surface area contributed by atoms with Gasteiger partial charge in [-0.3, -0.25) is 0 Å². The summed E-state index contributed by atoms with van der Waals surface area (Å²) < 4.78 is 0. The average Bonchev–Trinajstić information content (AvgIpc) is 1.77. The van der Waals surface area contributed by atoms with Gasteiger partial charge in [0.05, 0.1) is 0 Å². The molecule has 1 rings (SSSR count). The summed E-state index contributed by atoms with van der Waals surface area (Å²) in [6.45, 7) is 9.20. The smallest absolute Gasteiger partial charge is 0.0322 e. The lowest BCUT2D eigenvalue weighted by molar-refractivity contribution is 0.136. The summed E-state index contributed by atoms with van der Waals surface area (Å²) in [5, 5.41) is 3.40. The fourth-order valence-corrected chi connectivity index (χ4v) is 1.25. The van der Waals surface area contributed by atoms with Crippen molar-refractivity contribution in [3.05, 3.63) is 0 Å². The van der Waals surface area contributed by atoms with Crippen LogP contribution in [-0.2, 0) is 0 Å². The highest BCUT2D eigenvalue weighted by atomic mass is 32.1. The summed E-state index contributed by atoms with van der Waals surface area (Å²) in [6, 6.07) is 0.787. The van der Waals surface area contributed by atoms with Gasteiger partial charge in [0.15, 0.2) is 0 Å². The number of likely N-dealkylation sites (tertiary alicyclic amines) is 1. The Hall–Kier alpha value is 0.270. The Morgan fingerprint density at radius 3 is 2.50 bits per heavy atom. The Balaban J connectivity index is 0. The van der Waals surface area contributed by atoms with Crippen LogP contribution in [0.4, 0.5) is 0 Å². The maximum atomic E-state index is 3.40. The molecular formula is C7H20N2S. The molecular weight excluding hydrogens is 144 g/mol. The lowest BCUT2D eigenvalue weighted by Crippen LogP contribution is -2.57. The highest BCUT2D eigenvalue weighted by Gasteiger charge is 2.23. The third-order valence-electron chi connectivity index (χ3n) is 1.90. The first kappa shape index (κ1) is 10.3. The van der Waals surface area contributed by atoms with Crippen molar-refractivity contribution in [2.24, 2.45) is 0 Å². The van der Waals surface area contributed by atoms with Crippen molar-refractivity contribution in [2.75, 3.05) is 26.2 Å². The van der Waals surface area contributed by atoms with E-state index in [0.29, 0.717) is 0 Å². The minimum Gasteiger partial charge on any atom is -0.312 e. The number of nitrogens with one attached hydrogen (secondary N) is 1. The third-order valence-corrected chi connectivity index (χ3v) is 1.90. The molecule has 0 saturated carbocycles. The van der Waals surface area contributed by atoms with Crippen molar-refractivity contribution >= 4 is 13.5 Å². The van der Waals surface area contributed by atoms with Crippen molar-refractivity contribution in [3.63, 3.8) is 0 Å². The molecule has 64 valence electrons. The Kier molecular flexibility index (Phi) is 5.13. The molecule has 0 aromatic rings. The van der Waals surface area contributed by atoms with Gasteiger partial charge >= 0.3 is 0 Å². The Morgan fingerprint density at radius 1 is 1.50 bits per heavy atom. The summed E-state index contributed by atoms with van der Waals surface area (Å²) in [7, 11) is 0. The Labute approximate surface area is 71.9 Å². The van der Waals surface area contributed by atoms with Gasteiger partial charge in [0.2, 0.25) is 0 Å². The molecule has 0 aromatic heterocycles. The molecule has 0 atom stereocenters. The molecule has 0 amide bonds. The monoisotopic (exact) mass is 164 g/mol. The van der Waals surface area contributed by atoms with Crippen LogP contribution < -0.4 is 5.32 Å². The summed E-state index contributed by atoms with van der Waals surface area (Å²) in [6.07, 6.45) is 0. The van der Waals surface area contributed by atoms with Gasteiger partial charge in [-0.05, 0) is 13.1 Å². The molecule has 10 heavy (non-hydrogen) atoms. The van der Waals surface area contributed by atoms with E-state index in [4.69, 9.17) is 0 Å². The van der Waals surface area contributed by atoms with E-state index in [9.17, 15) is 0 Å². The second-order valence-electron chi connectivity index (χ2n) is 2.61. The fraction of sp³-hybridized carbons (Fsp3) is 1.00. The van der Waals surface area contributed by atoms with E-state index >= 15 is 0 Å². The first-order chi connectivity index (χ1) is 4.36. The van der Waals surface area contributed by atoms with Crippen molar-refractivity contribution in [1.82, 2.24) is 10.2 Å². The zero-order chi connectivity index (χ0) is 6.69. The van der Waals surface area contributed by atoms with E-state index in [-0.39, 0.29) is 14.9 Å². The zero-order valence-corrected chi connectivity index (χ0v) is 7.85. The predicted molar refractivity (Wildman–Crippen MR) is 52.1 cm³/mol. The molecule has 1 N–H and O–H groups in total. The number of hydrogen-bond acceptors (Lipinski definition) is 2.